The molecule has 18 heavy (non-hydrogen) atoms. The maximum atomic E-state index is 12.2. The Balaban J connectivity index is 2.79. The highest BCUT2D eigenvalue weighted by Gasteiger charge is 2.21. The van der Waals surface area contributed by atoms with E-state index in [2.05, 4.69) is 0 Å². The second kappa shape index (κ2) is 6.20. The van der Waals surface area contributed by atoms with Gasteiger partial charge in [0.2, 0.25) is 0 Å². The standard InChI is InChI=1S/C12H18N2O4/c1-9-10(4-7-18-9)12(17)14(8-11(15)16)6-5-13(2)3/h4,7H,5-6,8H2,1-3H3,(H,15,16). The number of likely N-dealkylation sites (N-methyl/N-ethyl adjacent to an activating group) is 1. The zero-order chi connectivity index (χ0) is 13.7. The monoisotopic (exact) mass is 254 g/mol. The van der Waals surface area contributed by atoms with E-state index < -0.39 is 5.97 Å². The number of carbonyl (C=O) groups excluding carboxylic acids is 1. The molecule has 1 heterocycles. The lowest BCUT2D eigenvalue weighted by molar-refractivity contribution is -0.137. The first kappa shape index (κ1) is 14.2. The molecular formula is C12H18N2O4. The van der Waals surface area contributed by atoms with Crippen molar-refractivity contribution in [2.75, 3.05) is 33.7 Å². The highest BCUT2D eigenvalue weighted by atomic mass is 16.4. The third-order valence-electron chi connectivity index (χ3n) is 2.52. The Morgan fingerprint density at radius 3 is 2.44 bits per heavy atom. The number of nitrogens with zero attached hydrogens (tertiary/aromatic N) is 2. The van der Waals surface area contributed by atoms with Crippen molar-refractivity contribution in [1.82, 2.24) is 9.80 Å². The Morgan fingerprint density at radius 1 is 1.33 bits per heavy atom. The molecule has 0 saturated carbocycles. The summed E-state index contributed by atoms with van der Waals surface area (Å²) in [5.74, 6) is -0.839. The summed E-state index contributed by atoms with van der Waals surface area (Å²) in [6.07, 6.45) is 1.42. The summed E-state index contributed by atoms with van der Waals surface area (Å²) >= 11 is 0. The number of carboxylic acid groups (broad SMARTS) is 1. The Morgan fingerprint density at radius 2 is 2.00 bits per heavy atom. The number of aryl methyl sites for hydroxylation is 1. The van der Waals surface area contributed by atoms with Crippen molar-refractivity contribution in [2.45, 2.75) is 6.92 Å². The van der Waals surface area contributed by atoms with Gasteiger partial charge in [-0.05, 0) is 27.1 Å². The molecule has 0 fully saturated rings. The minimum absolute atomic E-state index is 0.308. The summed E-state index contributed by atoms with van der Waals surface area (Å²) in [6, 6.07) is 1.56. The molecule has 1 aromatic heterocycles. The van der Waals surface area contributed by atoms with Crippen LogP contribution in [0.25, 0.3) is 0 Å². The van der Waals surface area contributed by atoms with Gasteiger partial charge in [0.15, 0.2) is 0 Å². The zero-order valence-corrected chi connectivity index (χ0v) is 10.8. The first-order valence-corrected chi connectivity index (χ1v) is 5.61. The smallest absolute Gasteiger partial charge is 0.323 e. The van der Waals surface area contributed by atoms with Crippen LogP contribution in [0.2, 0.25) is 0 Å². The third kappa shape index (κ3) is 3.89. The van der Waals surface area contributed by atoms with Crippen molar-refractivity contribution in [1.29, 1.82) is 0 Å². The van der Waals surface area contributed by atoms with Gasteiger partial charge in [0.25, 0.3) is 5.91 Å². The van der Waals surface area contributed by atoms with Crippen molar-refractivity contribution in [2.24, 2.45) is 0 Å². The number of aliphatic carboxylic acids is 1. The lowest BCUT2D eigenvalue weighted by atomic mass is 10.2. The molecule has 0 bridgehead atoms. The Kier molecular flexibility index (Phi) is 4.91. The van der Waals surface area contributed by atoms with Gasteiger partial charge in [0.1, 0.15) is 12.3 Å². The number of carboxylic acids is 1. The van der Waals surface area contributed by atoms with Crippen LogP contribution in [0, 0.1) is 6.92 Å². The highest BCUT2D eigenvalue weighted by molar-refractivity contribution is 5.96. The minimum atomic E-state index is -1.02. The largest absolute Gasteiger partial charge is 0.480 e. The van der Waals surface area contributed by atoms with E-state index in [0.29, 0.717) is 24.4 Å². The summed E-state index contributed by atoms with van der Waals surface area (Å²) in [4.78, 5) is 26.1. The lowest BCUT2D eigenvalue weighted by Gasteiger charge is -2.22. The SMILES string of the molecule is Cc1occc1C(=O)N(CCN(C)C)CC(=O)O. The number of carbonyl (C=O) groups is 2. The molecule has 0 spiro atoms. The summed E-state index contributed by atoms with van der Waals surface area (Å²) in [6.45, 7) is 2.34. The average molecular weight is 254 g/mol. The molecule has 0 aliphatic rings. The van der Waals surface area contributed by atoms with Gasteiger partial charge in [0, 0.05) is 13.1 Å². The summed E-state index contributed by atoms with van der Waals surface area (Å²) < 4.78 is 5.06. The normalized spacial score (nSPS) is 10.7. The van der Waals surface area contributed by atoms with Crippen molar-refractivity contribution in [3.05, 3.63) is 23.7 Å². The predicted molar refractivity (Wildman–Crippen MR) is 65.5 cm³/mol. The van der Waals surface area contributed by atoms with Crippen molar-refractivity contribution in [3.63, 3.8) is 0 Å². The van der Waals surface area contributed by atoms with Crippen molar-refractivity contribution in [3.8, 4) is 0 Å². The fourth-order valence-electron chi connectivity index (χ4n) is 1.51. The molecule has 100 valence electrons. The first-order chi connectivity index (χ1) is 8.41. The van der Waals surface area contributed by atoms with E-state index in [-0.39, 0.29) is 12.5 Å². The predicted octanol–water partition coefficient (Wildman–Crippen LogP) is 0.676. The first-order valence-electron chi connectivity index (χ1n) is 5.61. The van der Waals surface area contributed by atoms with Crippen LogP contribution < -0.4 is 0 Å². The molecule has 6 heteroatoms. The molecule has 0 aliphatic carbocycles. The summed E-state index contributed by atoms with van der Waals surface area (Å²) in [7, 11) is 3.74. The van der Waals surface area contributed by atoms with E-state index in [1.54, 1.807) is 13.0 Å². The second-order valence-corrected chi connectivity index (χ2v) is 4.31. The molecule has 0 aliphatic heterocycles. The summed E-state index contributed by atoms with van der Waals surface area (Å²) in [5.41, 5.74) is 0.412. The van der Waals surface area contributed by atoms with Gasteiger partial charge >= 0.3 is 5.97 Å². The third-order valence-corrected chi connectivity index (χ3v) is 2.52. The van der Waals surface area contributed by atoms with Gasteiger partial charge in [-0.15, -0.1) is 0 Å². The molecule has 0 saturated heterocycles. The van der Waals surface area contributed by atoms with Gasteiger partial charge in [0.05, 0.1) is 11.8 Å². The van der Waals surface area contributed by atoms with Gasteiger partial charge in [-0.1, -0.05) is 0 Å². The molecule has 1 amide bonds. The van der Waals surface area contributed by atoms with E-state index in [9.17, 15) is 9.59 Å². The van der Waals surface area contributed by atoms with Crippen LogP contribution in [-0.2, 0) is 4.79 Å². The number of amides is 1. The average Bonchev–Trinajstić information content (AvgIpc) is 2.69. The Bertz CT molecular complexity index is 425. The molecule has 1 aromatic rings. The van der Waals surface area contributed by atoms with Crippen LogP contribution in [0.15, 0.2) is 16.7 Å². The molecule has 0 atom stereocenters. The molecular weight excluding hydrogens is 236 g/mol. The van der Waals surface area contributed by atoms with Gasteiger partial charge in [-0.3, -0.25) is 9.59 Å². The number of furan rings is 1. The summed E-state index contributed by atoms with van der Waals surface area (Å²) in [5, 5.41) is 8.83. The zero-order valence-electron chi connectivity index (χ0n) is 10.8. The van der Waals surface area contributed by atoms with E-state index in [1.165, 1.54) is 11.2 Å². The van der Waals surface area contributed by atoms with Crippen LogP contribution in [0.1, 0.15) is 16.1 Å². The maximum Gasteiger partial charge on any atom is 0.323 e. The van der Waals surface area contributed by atoms with E-state index in [4.69, 9.17) is 9.52 Å². The number of rotatable bonds is 6. The molecule has 1 N–H and O–H groups in total. The van der Waals surface area contributed by atoms with Crippen molar-refractivity contribution < 1.29 is 19.1 Å². The minimum Gasteiger partial charge on any atom is -0.480 e. The van der Waals surface area contributed by atoms with Crippen LogP contribution in [0.5, 0.6) is 0 Å². The van der Waals surface area contributed by atoms with Gasteiger partial charge in [-0.2, -0.15) is 0 Å². The van der Waals surface area contributed by atoms with Gasteiger partial charge < -0.3 is 19.3 Å². The van der Waals surface area contributed by atoms with Crippen molar-refractivity contribution >= 4 is 11.9 Å². The van der Waals surface area contributed by atoms with Crippen LogP contribution >= 0.6 is 0 Å². The maximum absolute atomic E-state index is 12.2. The number of hydrogen-bond acceptors (Lipinski definition) is 4. The quantitative estimate of drug-likeness (QED) is 0.808. The van der Waals surface area contributed by atoms with Crippen LogP contribution in [-0.4, -0.2) is 60.5 Å². The van der Waals surface area contributed by atoms with Crippen LogP contribution in [0.3, 0.4) is 0 Å². The van der Waals surface area contributed by atoms with E-state index >= 15 is 0 Å². The highest BCUT2D eigenvalue weighted by Crippen LogP contribution is 2.12. The molecule has 0 aromatic carbocycles. The fourth-order valence-corrected chi connectivity index (χ4v) is 1.51. The van der Waals surface area contributed by atoms with Crippen LogP contribution in [0.4, 0.5) is 0 Å². The van der Waals surface area contributed by atoms with Gasteiger partial charge in [-0.25, -0.2) is 0 Å². The Labute approximate surface area is 106 Å². The molecule has 6 nitrogen and oxygen atoms in total. The lowest BCUT2D eigenvalue weighted by Crippen LogP contribution is -2.40. The van der Waals surface area contributed by atoms with E-state index in [1.807, 2.05) is 19.0 Å². The molecule has 0 unspecified atom stereocenters. The fraction of sp³-hybridized carbons (Fsp3) is 0.500. The number of hydrogen-bond donors (Lipinski definition) is 1. The van der Waals surface area contributed by atoms with E-state index in [0.717, 1.165) is 0 Å². The topological polar surface area (TPSA) is 74.0 Å². The second-order valence-electron chi connectivity index (χ2n) is 4.31. The molecule has 1 rings (SSSR count). The molecule has 0 radical (unpaired) electrons. The Hall–Kier alpha value is -1.82.